The Balaban J connectivity index is 1.80. The van der Waals surface area contributed by atoms with E-state index in [1.54, 1.807) is 52.0 Å². The van der Waals surface area contributed by atoms with E-state index in [1.807, 2.05) is 39.8 Å². The molecule has 61 heavy (non-hydrogen) atoms. The second kappa shape index (κ2) is 19.4. The van der Waals surface area contributed by atoms with Gasteiger partial charge in [-0.05, 0) is 73.7 Å². The number of hydrogen-bond acceptors (Lipinski definition) is 11. The van der Waals surface area contributed by atoms with Crippen LogP contribution in [-0.2, 0) is 56.1 Å². The van der Waals surface area contributed by atoms with Crippen LogP contribution < -0.4 is 14.8 Å². The van der Waals surface area contributed by atoms with Crippen molar-refractivity contribution in [2.45, 2.75) is 81.9 Å². The Labute approximate surface area is 357 Å². The summed E-state index contributed by atoms with van der Waals surface area (Å²) in [5, 5.41) is 9.99. The molecule has 0 bridgehead atoms. The minimum Gasteiger partial charge on any atom is -0.481 e. The third kappa shape index (κ3) is 14.4. The zero-order valence-electron chi connectivity index (χ0n) is 34.3. The number of carboxylic acid groups (broad SMARTS) is 1. The van der Waals surface area contributed by atoms with E-state index in [1.165, 1.54) is 18.2 Å². The van der Waals surface area contributed by atoms with Crippen molar-refractivity contribution in [3.8, 4) is 11.3 Å². The topological polar surface area (TPSA) is 274 Å². The molecule has 0 radical (unpaired) electrons. The largest absolute Gasteiger partial charge is 0.481 e. The summed E-state index contributed by atoms with van der Waals surface area (Å²) in [6, 6.07) is 11.2. The van der Waals surface area contributed by atoms with Crippen molar-refractivity contribution < 1.29 is 66.2 Å². The second-order valence-corrected chi connectivity index (χ2v) is 22.2. The Kier molecular flexibility index (Phi) is 15.8. The maximum absolute atomic E-state index is 12.2. The van der Waals surface area contributed by atoms with Crippen LogP contribution in [0.15, 0.2) is 81.8 Å². The van der Waals surface area contributed by atoms with Crippen LogP contribution in [0.25, 0.3) is 17.4 Å². The number of benzene rings is 2. The van der Waals surface area contributed by atoms with Crippen molar-refractivity contribution in [2.75, 3.05) is 41.8 Å². The lowest BCUT2D eigenvalue weighted by molar-refractivity contribution is -0.137. The van der Waals surface area contributed by atoms with Crippen molar-refractivity contribution in [1.29, 1.82) is 0 Å². The van der Waals surface area contributed by atoms with Crippen molar-refractivity contribution in [2.24, 2.45) is 0 Å². The molecule has 21 heteroatoms. The molecule has 4 rings (SSSR count). The van der Waals surface area contributed by atoms with Crippen molar-refractivity contribution in [1.82, 2.24) is 4.58 Å². The summed E-state index contributed by atoms with van der Waals surface area (Å²) >= 11 is 0. The van der Waals surface area contributed by atoms with E-state index in [4.69, 9.17) is 4.42 Å². The Morgan fingerprint density at radius 1 is 0.787 bits per heavy atom. The molecule has 0 saturated carbocycles. The smallest absolute Gasteiger partial charge is 0.303 e. The van der Waals surface area contributed by atoms with E-state index in [0.717, 1.165) is 5.56 Å². The Hall–Kier alpha value is -4.22. The molecule has 1 aromatic rings. The first kappa shape index (κ1) is 49.4. The molecular weight excluding hydrogens is 877 g/mol. The molecule has 1 atom stereocenters. The fourth-order valence-corrected chi connectivity index (χ4v) is 9.20. The molecule has 1 aliphatic carbocycles. The molecule has 0 spiro atoms. The van der Waals surface area contributed by atoms with Gasteiger partial charge in [0.25, 0.3) is 40.5 Å². The minimum atomic E-state index is -4.62. The number of anilines is 1. The summed E-state index contributed by atoms with van der Waals surface area (Å²) in [4.78, 5) is 12.9. The third-order valence-electron chi connectivity index (χ3n) is 10.2. The summed E-state index contributed by atoms with van der Waals surface area (Å²) in [6.45, 7) is 8.09. The van der Waals surface area contributed by atoms with E-state index in [0.29, 0.717) is 39.4 Å². The first-order valence-electron chi connectivity index (χ1n) is 19.3. The van der Waals surface area contributed by atoms with Gasteiger partial charge in [0.05, 0.1) is 28.2 Å². The number of carbonyl (C=O) groups is 1. The first-order valence-corrected chi connectivity index (χ1v) is 25.5. The molecule has 0 amide bonds. The molecule has 0 saturated heterocycles. The molecule has 0 fully saturated rings. The van der Waals surface area contributed by atoms with Crippen LogP contribution in [0.1, 0.15) is 83.1 Å². The lowest BCUT2D eigenvalue weighted by Gasteiger charge is -2.30. The molecule has 1 aromatic carbocycles. The van der Waals surface area contributed by atoms with Crippen LogP contribution in [0.4, 0.5) is 5.69 Å². The standard InChI is InChI=1S/C40H52N2O15S4/c1-39(2,3)37-26-29(32-17-15-30(27-35(32)57-37)41(20-9-23-58(45,46)47)21-10-24-59(48,49)50)12-6-5-7-13-36-40(4,19-8-14-38(43)44)33-28-31(61(54,55)56)16-18-34(33)42(36)22-11-25-60(51,52)53/h5-7,12-13,15-18,26-28H,8-11,14,19-25H2,1-4H3,(H4-,43,44,45,46,47,48,49,50,51,52,53,54,55,56)/p+1. The average molecular weight is 930 g/mol. The van der Waals surface area contributed by atoms with Gasteiger partial charge in [0.15, 0.2) is 0 Å². The number of nitrogens with zero attached hydrogens (tertiary/aromatic N) is 2. The van der Waals surface area contributed by atoms with Crippen LogP contribution in [-0.4, -0.2) is 99.9 Å². The van der Waals surface area contributed by atoms with E-state index >= 15 is 0 Å². The highest BCUT2D eigenvalue weighted by atomic mass is 32.2. The van der Waals surface area contributed by atoms with Crippen LogP contribution in [0.2, 0.25) is 0 Å². The monoisotopic (exact) mass is 929 g/mol. The molecule has 0 aromatic heterocycles. The molecule has 2 heterocycles. The van der Waals surface area contributed by atoms with Gasteiger partial charge in [0.1, 0.15) is 24.6 Å². The Morgan fingerprint density at radius 2 is 1.39 bits per heavy atom. The summed E-state index contributed by atoms with van der Waals surface area (Å²) in [6.07, 6.45) is 9.20. The van der Waals surface area contributed by atoms with Gasteiger partial charge >= 0.3 is 5.97 Å². The second-order valence-electron chi connectivity index (χ2n) is 16.1. The lowest BCUT2D eigenvalue weighted by Crippen LogP contribution is -2.33. The van der Waals surface area contributed by atoms with Gasteiger partial charge in [-0.1, -0.05) is 45.1 Å². The molecule has 1 unspecified atom stereocenters. The maximum atomic E-state index is 12.2. The van der Waals surface area contributed by atoms with Crippen LogP contribution in [0.3, 0.4) is 0 Å². The quantitative estimate of drug-likeness (QED) is 0.0565. The highest BCUT2D eigenvalue weighted by Gasteiger charge is 2.43. The van der Waals surface area contributed by atoms with Gasteiger partial charge in [-0.25, -0.2) is 4.58 Å². The van der Waals surface area contributed by atoms with Gasteiger partial charge in [0.2, 0.25) is 5.36 Å². The predicted octanol–water partition coefficient (Wildman–Crippen LogP) is 5.02. The summed E-state index contributed by atoms with van der Waals surface area (Å²) in [7, 11) is -17.4. The van der Waals surface area contributed by atoms with Crippen LogP contribution in [0.5, 0.6) is 0 Å². The molecule has 5 N–H and O–H groups in total. The zero-order valence-corrected chi connectivity index (χ0v) is 37.5. The van der Waals surface area contributed by atoms with Crippen molar-refractivity contribution in [3.63, 3.8) is 0 Å². The average Bonchev–Trinajstić information content (AvgIpc) is 3.34. The predicted molar refractivity (Wildman–Crippen MR) is 231 cm³/mol. The number of fused-ring (bicyclic) bond motifs is 2. The van der Waals surface area contributed by atoms with E-state index < -0.39 is 74.5 Å². The molecule has 336 valence electrons. The van der Waals surface area contributed by atoms with Gasteiger partial charge < -0.3 is 14.4 Å². The van der Waals surface area contributed by atoms with Crippen molar-refractivity contribution in [3.05, 3.63) is 94.7 Å². The van der Waals surface area contributed by atoms with Gasteiger partial charge in [-0.3, -0.25) is 23.0 Å². The van der Waals surface area contributed by atoms with Crippen LogP contribution >= 0.6 is 0 Å². The van der Waals surface area contributed by atoms with Crippen LogP contribution in [0, 0.1) is 0 Å². The van der Waals surface area contributed by atoms with E-state index in [-0.39, 0.29) is 63.1 Å². The lowest BCUT2D eigenvalue weighted by atomic mass is 9.77. The molecule has 3 aliphatic rings. The number of carboxylic acids is 1. The van der Waals surface area contributed by atoms with E-state index in [2.05, 4.69) is 0 Å². The van der Waals surface area contributed by atoms with E-state index in [9.17, 15) is 61.8 Å². The molecular formula is C40H53N2O15S4+. The third-order valence-corrected chi connectivity index (χ3v) is 13.4. The van der Waals surface area contributed by atoms with Gasteiger partial charge in [-0.2, -0.15) is 33.7 Å². The highest BCUT2D eigenvalue weighted by molar-refractivity contribution is 7.86. The summed E-state index contributed by atoms with van der Waals surface area (Å²) in [5.41, 5.74) is 1.64. The normalized spacial score (nSPS) is 17.2. The Morgan fingerprint density at radius 3 is 1.95 bits per heavy atom. The fraction of sp³-hybridized carbons (Fsp3) is 0.450. The van der Waals surface area contributed by atoms with Gasteiger partial charge in [0, 0.05) is 59.7 Å². The number of rotatable bonds is 20. The SMILES string of the molecule is CC(C)(C)c1cc(C=CC=CC=C2N(CCCS(=O)(=O)O)c3ccc(S(=O)(=O)O)cc3C2(C)CCCC(=O)O)c2ccc(=[N+](CCCS(=O)(=O)O)CCCS(=O)(=O)O)cc-2o1. The Bertz CT molecular complexity index is 2650. The summed E-state index contributed by atoms with van der Waals surface area (Å²) < 4.78 is 139. The highest BCUT2D eigenvalue weighted by Crippen LogP contribution is 2.51. The van der Waals surface area contributed by atoms with Crippen molar-refractivity contribution >= 4 is 58.2 Å². The summed E-state index contributed by atoms with van der Waals surface area (Å²) in [5.74, 6) is -1.49. The zero-order chi connectivity index (χ0) is 45.6. The molecule has 17 nitrogen and oxygen atoms in total. The fourth-order valence-electron chi connectivity index (χ4n) is 7.22. The minimum absolute atomic E-state index is 0.00133. The maximum Gasteiger partial charge on any atom is 0.303 e. The molecule has 2 aliphatic heterocycles. The first-order chi connectivity index (χ1) is 28.1. The van der Waals surface area contributed by atoms with Gasteiger partial charge in [-0.15, -0.1) is 0 Å². The number of hydrogen-bond donors (Lipinski definition) is 5. The number of aliphatic carboxylic acids is 1. The number of allylic oxidation sites excluding steroid dienone is 5.